The highest BCUT2D eigenvalue weighted by atomic mass is 16.5. The number of rotatable bonds is 3. The first kappa shape index (κ1) is 9.46. The van der Waals surface area contributed by atoms with E-state index in [1.54, 1.807) is 12.4 Å². The molecule has 3 nitrogen and oxygen atoms in total. The van der Waals surface area contributed by atoms with Gasteiger partial charge >= 0.3 is 0 Å². The normalized spacial score (nSPS) is 27.0. The van der Waals surface area contributed by atoms with E-state index in [0.29, 0.717) is 0 Å². The first-order chi connectivity index (χ1) is 6.71. The van der Waals surface area contributed by atoms with Gasteiger partial charge in [-0.15, -0.1) is 0 Å². The Morgan fingerprint density at radius 1 is 1.64 bits per heavy atom. The Kier molecular flexibility index (Phi) is 2.42. The fraction of sp³-hybridized carbons (Fsp3) is 0.545. The molecule has 1 aromatic heterocycles. The minimum absolute atomic E-state index is 0.218. The van der Waals surface area contributed by atoms with E-state index in [-0.39, 0.29) is 5.54 Å². The smallest absolute Gasteiger partial charge is 0.137 e. The summed E-state index contributed by atoms with van der Waals surface area (Å²) in [6.07, 6.45) is 4.72. The molecule has 1 unspecified atom stereocenters. The predicted octanol–water partition coefficient (Wildman–Crippen LogP) is 1.55. The van der Waals surface area contributed by atoms with Gasteiger partial charge in [0.15, 0.2) is 0 Å². The molecule has 0 radical (unpaired) electrons. The summed E-state index contributed by atoms with van der Waals surface area (Å²) in [7, 11) is 2.14. The molecule has 0 bridgehead atoms. The summed E-state index contributed by atoms with van der Waals surface area (Å²) in [5.74, 6) is 0.856. The predicted molar refractivity (Wildman–Crippen MR) is 55.4 cm³/mol. The van der Waals surface area contributed by atoms with Gasteiger partial charge in [0, 0.05) is 12.7 Å². The summed E-state index contributed by atoms with van der Waals surface area (Å²) in [5, 5.41) is 0. The Labute approximate surface area is 84.7 Å². The second-order valence-electron chi connectivity index (χ2n) is 4.15. The lowest BCUT2D eigenvalue weighted by atomic mass is 9.88. The van der Waals surface area contributed by atoms with E-state index in [1.165, 1.54) is 13.0 Å². The number of hydrogen-bond acceptors (Lipinski definition) is 3. The van der Waals surface area contributed by atoms with Crippen LogP contribution in [0.15, 0.2) is 24.5 Å². The van der Waals surface area contributed by atoms with Crippen molar-refractivity contribution in [2.24, 2.45) is 0 Å². The number of likely N-dealkylation sites (tertiary alicyclic amines) is 1. The van der Waals surface area contributed by atoms with Gasteiger partial charge < -0.3 is 4.74 Å². The highest BCUT2D eigenvalue weighted by Gasteiger charge is 2.38. The fourth-order valence-corrected chi connectivity index (χ4v) is 1.57. The summed E-state index contributed by atoms with van der Waals surface area (Å²) in [6, 6.07) is 3.83. The van der Waals surface area contributed by atoms with Gasteiger partial charge in [-0.3, -0.25) is 9.88 Å². The molecule has 1 aromatic rings. The topological polar surface area (TPSA) is 25.4 Å². The molecule has 1 atom stereocenters. The summed E-state index contributed by atoms with van der Waals surface area (Å²) in [4.78, 5) is 6.33. The lowest BCUT2D eigenvalue weighted by Crippen LogP contribution is -2.58. The monoisotopic (exact) mass is 192 g/mol. The van der Waals surface area contributed by atoms with Crippen LogP contribution in [-0.2, 0) is 0 Å². The summed E-state index contributed by atoms with van der Waals surface area (Å²) < 4.78 is 5.68. The summed E-state index contributed by atoms with van der Waals surface area (Å²) in [5.41, 5.74) is 0.218. The summed E-state index contributed by atoms with van der Waals surface area (Å²) in [6.45, 7) is 4.15. The maximum Gasteiger partial charge on any atom is 0.137 e. The van der Waals surface area contributed by atoms with E-state index >= 15 is 0 Å². The van der Waals surface area contributed by atoms with Gasteiger partial charge in [0.05, 0.1) is 11.7 Å². The van der Waals surface area contributed by atoms with E-state index < -0.39 is 0 Å². The second kappa shape index (κ2) is 3.58. The maximum atomic E-state index is 5.68. The van der Waals surface area contributed by atoms with Crippen molar-refractivity contribution in [2.75, 3.05) is 20.2 Å². The molecule has 14 heavy (non-hydrogen) atoms. The van der Waals surface area contributed by atoms with Crippen LogP contribution >= 0.6 is 0 Å². The zero-order valence-corrected chi connectivity index (χ0v) is 8.73. The van der Waals surface area contributed by atoms with Gasteiger partial charge in [-0.25, -0.2) is 0 Å². The standard InChI is InChI=1S/C11H16N2O/c1-11(5-7-13(11)2)9-14-10-4-3-6-12-8-10/h3-4,6,8H,5,7,9H2,1-2H3. The SMILES string of the molecule is CN1CCC1(C)COc1cccnc1. The van der Waals surface area contributed by atoms with E-state index in [4.69, 9.17) is 4.74 Å². The third kappa shape index (κ3) is 1.73. The zero-order valence-electron chi connectivity index (χ0n) is 8.73. The van der Waals surface area contributed by atoms with E-state index in [9.17, 15) is 0 Å². The molecule has 2 rings (SSSR count). The number of nitrogens with zero attached hydrogens (tertiary/aromatic N) is 2. The Morgan fingerprint density at radius 3 is 3.00 bits per heavy atom. The van der Waals surface area contributed by atoms with E-state index in [1.807, 2.05) is 12.1 Å². The van der Waals surface area contributed by atoms with Crippen molar-refractivity contribution < 1.29 is 4.74 Å². The molecule has 1 aliphatic rings. The lowest BCUT2D eigenvalue weighted by Gasteiger charge is -2.48. The Hall–Kier alpha value is -1.09. The van der Waals surface area contributed by atoms with Crippen LogP contribution in [0.1, 0.15) is 13.3 Å². The average Bonchev–Trinajstić information content (AvgIpc) is 2.25. The molecular formula is C11H16N2O. The number of aromatic nitrogens is 1. The largest absolute Gasteiger partial charge is 0.490 e. The van der Waals surface area contributed by atoms with Gasteiger partial charge in [0.2, 0.25) is 0 Å². The van der Waals surface area contributed by atoms with E-state index in [0.717, 1.165) is 12.4 Å². The number of ether oxygens (including phenoxy) is 1. The fourth-order valence-electron chi connectivity index (χ4n) is 1.57. The van der Waals surface area contributed by atoms with Crippen molar-refractivity contribution in [1.82, 2.24) is 9.88 Å². The number of hydrogen-bond donors (Lipinski definition) is 0. The van der Waals surface area contributed by atoms with Crippen LogP contribution in [0, 0.1) is 0 Å². The highest BCUT2D eigenvalue weighted by Crippen LogP contribution is 2.28. The molecule has 1 fully saturated rings. The first-order valence-corrected chi connectivity index (χ1v) is 4.95. The molecule has 0 N–H and O–H groups in total. The zero-order chi connectivity index (χ0) is 10.0. The molecule has 1 aliphatic heterocycles. The molecule has 2 heterocycles. The first-order valence-electron chi connectivity index (χ1n) is 4.95. The molecule has 0 aliphatic carbocycles. The van der Waals surface area contributed by atoms with Gasteiger partial charge in [0.1, 0.15) is 12.4 Å². The van der Waals surface area contributed by atoms with Crippen molar-refractivity contribution in [3.05, 3.63) is 24.5 Å². The molecule has 0 amide bonds. The van der Waals surface area contributed by atoms with Gasteiger partial charge in [-0.1, -0.05) is 0 Å². The van der Waals surface area contributed by atoms with Crippen LogP contribution in [0.3, 0.4) is 0 Å². The molecular weight excluding hydrogens is 176 g/mol. The Balaban J connectivity index is 1.89. The van der Waals surface area contributed by atoms with Crippen LogP contribution < -0.4 is 4.74 Å². The van der Waals surface area contributed by atoms with Crippen molar-refractivity contribution in [2.45, 2.75) is 18.9 Å². The molecule has 0 aromatic carbocycles. The quantitative estimate of drug-likeness (QED) is 0.726. The van der Waals surface area contributed by atoms with Crippen molar-refractivity contribution in [3.63, 3.8) is 0 Å². The summed E-state index contributed by atoms with van der Waals surface area (Å²) >= 11 is 0. The van der Waals surface area contributed by atoms with Crippen LogP contribution in [0.25, 0.3) is 0 Å². The van der Waals surface area contributed by atoms with E-state index in [2.05, 4.69) is 23.9 Å². The Morgan fingerprint density at radius 2 is 2.50 bits per heavy atom. The van der Waals surface area contributed by atoms with Crippen molar-refractivity contribution in [1.29, 1.82) is 0 Å². The third-order valence-corrected chi connectivity index (χ3v) is 3.09. The lowest BCUT2D eigenvalue weighted by molar-refractivity contribution is -0.0109. The number of likely N-dealkylation sites (N-methyl/N-ethyl adjacent to an activating group) is 1. The third-order valence-electron chi connectivity index (χ3n) is 3.09. The second-order valence-corrected chi connectivity index (χ2v) is 4.15. The van der Waals surface area contributed by atoms with Crippen LogP contribution in [0.5, 0.6) is 5.75 Å². The minimum Gasteiger partial charge on any atom is -0.490 e. The molecule has 1 saturated heterocycles. The Bertz CT molecular complexity index is 301. The van der Waals surface area contributed by atoms with Gasteiger partial charge in [-0.05, 0) is 32.5 Å². The van der Waals surface area contributed by atoms with Crippen molar-refractivity contribution in [3.8, 4) is 5.75 Å². The van der Waals surface area contributed by atoms with Crippen LogP contribution in [0.2, 0.25) is 0 Å². The van der Waals surface area contributed by atoms with Crippen LogP contribution in [0.4, 0.5) is 0 Å². The van der Waals surface area contributed by atoms with Crippen LogP contribution in [-0.4, -0.2) is 35.6 Å². The van der Waals surface area contributed by atoms with Gasteiger partial charge in [0.25, 0.3) is 0 Å². The highest BCUT2D eigenvalue weighted by molar-refractivity contribution is 5.16. The minimum atomic E-state index is 0.218. The molecule has 3 heteroatoms. The number of pyridine rings is 1. The average molecular weight is 192 g/mol. The van der Waals surface area contributed by atoms with Crippen molar-refractivity contribution >= 4 is 0 Å². The molecule has 76 valence electrons. The maximum absolute atomic E-state index is 5.68. The molecule has 0 spiro atoms. The molecule has 0 saturated carbocycles. The van der Waals surface area contributed by atoms with Gasteiger partial charge in [-0.2, -0.15) is 0 Å².